The molecule has 2 bridgehead atoms. The van der Waals surface area contributed by atoms with Crippen LogP contribution in [-0.4, -0.2) is 100 Å². The molecule has 0 radical (unpaired) electrons. The Morgan fingerprint density at radius 1 is 1.23 bits per heavy atom. The molecule has 2 amide bonds. The van der Waals surface area contributed by atoms with E-state index in [1.807, 2.05) is 15.2 Å². The highest BCUT2D eigenvalue weighted by atomic mass is 35.5. The first-order chi connectivity index (χ1) is 22.4. The van der Waals surface area contributed by atoms with Crippen LogP contribution in [0.2, 0.25) is 5.02 Å². The average molecular weight is 685 g/mol. The molecule has 3 saturated carbocycles. The summed E-state index contributed by atoms with van der Waals surface area (Å²) in [6, 6.07) is 3.29. The van der Waals surface area contributed by atoms with Crippen LogP contribution >= 0.6 is 22.9 Å². The maximum atomic E-state index is 14.1. The molecule has 47 heavy (non-hydrogen) atoms. The average Bonchev–Trinajstić information content (AvgIpc) is 3.63. The molecule has 2 N–H and O–H groups in total. The summed E-state index contributed by atoms with van der Waals surface area (Å²) in [7, 11) is 0. The van der Waals surface area contributed by atoms with Crippen molar-refractivity contribution in [3.63, 3.8) is 0 Å². The smallest absolute Gasteiger partial charge is 0.338 e. The second-order valence-electron chi connectivity index (χ2n) is 14.0. The van der Waals surface area contributed by atoms with Crippen molar-refractivity contribution < 1.29 is 28.6 Å². The number of amidine groups is 1. The van der Waals surface area contributed by atoms with Gasteiger partial charge in [-0.15, -0.1) is 11.3 Å². The number of urea groups is 1. The van der Waals surface area contributed by atoms with Crippen LogP contribution in [0.3, 0.4) is 0 Å². The van der Waals surface area contributed by atoms with Crippen LogP contribution in [0.15, 0.2) is 46.0 Å². The van der Waals surface area contributed by atoms with E-state index in [2.05, 4.69) is 15.2 Å². The zero-order valence-corrected chi connectivity index (χ0v) is 28.1. The van der Waals surface area contributed by atoms with Gasteiger partial charge in [0.2, 0.25) is 0 Å². The molecule has 0 spiro atoms. The van der Waals surface area contributed by atoms with E-state index in [1.165, 1.54) is 23.5 Å². The minimum atomic E-state index is -0.848. The Labute approximate surface area is 281 Å². The molecule has 1 aromatic heterocycles. The summed E-state index contributed by atoms with van der Waals surface area (Å²) < 4.78 is 19.6. The van der Waals surface area contributed by atoms with E-state index in [-0.39, 0.29) is 35.2 Å². The number of thiazole rings is 1. The first-order valence-electron chi connectivity index (χ1n) is 16.0. The third-order valence-corrected chi connectivity index (χ3v) is 11.6. The summed E-state index contributed by atoms with van der Waals surface area (Å²) in [5.41, 5.74) is 0.405. The lowest BCUT2D eigenvalue weighted by Crippen LogP contribution is -2.73. The number of aliphatic imine (C=N–C) groups is 1. The molecule has 14 heteroatoms. The van der Waals surface area contributed by atoms with Crippen molar-refractivity contribution in [3.8, 4) is 0 Å². The number of benzene rings is 1. The van der Waals surface area contributed by atoms with Gasteiger partial charge in [0, 0.05) is 66.6 Å². The number of hydrogen-bond acceptors (Lipinski definition) is 9. The number of hydrogen-bond donors (Lipinski definition) is 2. The van der Waals surface area contributed by atoms with Crippen molar-refractivity contribution in [1.82, 2.24) is 25.0 Å². The molecular formula is C33H38ClFN6O5S. The highest BCUT2D eigenvalue weighted by molar-refractivity contribution is 7.11. The van der Waals surface area contributed by atoms with Gasteiger partial charge in [-0.05, 0) is 63.5 Å². The number of rotatable bonds is 10. The maximum Gasteiger partial charge on any atom is 0.338 e. The maximum absolute atomic E-state index is 14.1. The topological polar surface area (TPSA) is 128 Å². The second-order valence-corrected chi connectivity index (χ2v) is 15.3. The number of nitrogens with one attached hydrogen (secondary N) is 1. The molecule has 3 aliphatic heterocycles. The van der Waals surface area contributed by atoms with Crippen molar-refractivity contribution in [2.45, 2.75) is 58.2 Å². The molecular weight excluding hydrogens is 647 g/mol. The zero-order chi connectivity index (χ0) is 33.2. The minimum absolute atomic E-state index is 0.0352. The molecule has 2 saturated heterocycles. The highest BCUT2D eigenvalue weighted by Gasteiger charge is 2.70. The van der Waals surface area contributed by atoms with Gasteiger partial charge in [-0.3, -0.25) is 14.7 Å². The summed E-state index contributed by atoms with van der Waals surface area (Å²) in [6.07, 6.45) is 4.20. The lowest BCUT2D eigenvalue weighted by molar-refractivity contribution is -0.210. The fourth-order valence-electron chi connectivity index (χ4n) is 8.38. The number of fused-ring (bicyclic) bond motifs is 1. The van der Waals surface area contributed by atoms with E-state index in [0.717, 1.165) is 12.8 Å². The number of carboxylic acids is 1. The van der Waals surface area contributed by atoms with Gasteiger partial charge in [0.1, 0.15) is 11.9 Å². The normalized spacial score (nSPS) is 28.7. The third kappa shape index (κ3) is 5.49. The van der Waals surface area contributed by atoms with Gasteiger partial charge in [-0.25, -0.2) is 19.0 Å². The van der Waals surface area contributed by atoms with Crippen LogP contribution in [-0.2, 0) is 14.3 Å². The number of nitrogens with zero attached hydrogens (tertiary/aromatic N) is 5. The van der Waals surface area contributed by atoms with Gasteiger partial charge in [-0.2, -0.15) is 0 Å². The molecule has 250 valence electrons. The fraction of sp³-hybridized carbons (Fsp3) is 0.545. The molecule has 8 rings (SSSR count). The zero-order valence-electron chi connectivity index (χ0n) is 26.5. The Bertz CT molecular complexity index is 1670. The summed E-state index contributed by atoms with van der Waals surface area (Å²) in [5.74, 6) is -0.923. The number of piperazine rings is 1. The molecule has 2 aromatic rings. The first-order valence-corrected chi connectivity index (χ1v) is 17.3. The Kier molecular flexibility index (Phi) is 8.07. The number of ether oxygens (including phenoxy) is 1. The van der Waals surface area contributed by atoms with Crippen LogP contribution in [0.4, 0.5) is 9.18 Å². The number of carbonyl (C=O) groups is 3. The van der Waals surface area contributed by atoms with Gasteiger partial charge in [0.15, 0.2) is 10.8 Å². The number of esters is 1. The Balaban J connectivity index is 1.14. The van der Waals surface area contributed by atoms with E-state index in [0.29, 0.717) is 72.7 Å². The molecule has 11 nitrogen and oxygen atoms in total. The summed E-state index contributed by atoms with van der Waals surface area (Å²) >= 11 is 7.93. The largest absolute Gasteiger partial charge is 0.481 e. The summed E-state index contributed by atoms with van der Waals surface area (Å²) in [5, 5.41) is 15.8. The number of aliphatic carboxylic acids is 1. The number of amides is 2. The van der Waals surface area contributed by atoms with E-state index in [4.69, 9.17) is 21.3 Å². The Morgan fingerprint density at radius 3 is 2.66 bits per heavy atom. The standard InChI is InChI=1S/C33H38ClFN6O5S/c1-4-46-29(42)24-23(37-27(28-36-7-10-47-28)38-25(24)21-6-5-19(35)11-22(21)34)16-39-8-9-40-20(14-39)15-41(31(40)45)26-18-12-33(26,13-18)17-32(2,3)30(43)44/h5-7,10-11,18,20,25-26H,4,8-9,12-17H2,1-3H3,(H,37,38)(H,43,44)/t18?,20-,25-,26?,33?/m0/s1. The number of aromatic nitrogens is 1. The van der Waals surface area contributed by atoms with Gasteiger partial charge in [-0.1, -0.05) is 17.7 Å². The van der Waals surface area contributed by atoms with Crippen LogP contribution in [0.25, 0.3) is 0 Å². The van der Waals surface area contributed by atoms with Crippen LogP contribution in [0.5, 0.6) is 0 Å². The molecule has 5 fully saturated rings. The monoisotopic (exact) mass is 684 g/mol. The minimum Gasteiger partial charge on any atom is -0.481 e. The predicted molar refractivity (Wildman–Crippen MR) is 174 cm³/mol. The van der Waals surface area contributed by atoms with Gasteiger partial charge in [0.05, 0.1) is 23.6 Å². The van der Waals surface area contributed by atoms with E-state index >= 15 is 0 Å². The van der Waals surface area contributed by atoms with Crippen LogP contribution < -0.4 is 5.32 Å². The molecule has 6 aliphatic rings. The van der Waals surface area contributed by atoms with Crippen LogP contribution in [0, 0.1) is 22.6 Å². The molecule has 4 heterocycles. The SMILES string of the molecule is CCOC(=O)C1=C(CN2CCN3C(=O)N(C4C5CC4(CC(C)(C)C(=O)O)C5)C[C@@H]3C2)NC(c2nccs2)=N[C@H]1c1ccc(F)cc1Cl. The number of carbonyl (C=O) groups excluding carboxylic acids is 2. The fourth-order valence-corrected chi connectivity index (χ4v) is 9.24. The molecule has 1 unspecified atom stereocenters. The van der Waals surface area contributed by atoms with E-state index in [9.17, 15) is 23.9 Å². The van der Waals surface area contributed by atoms with Gasteiger partial charge >= 0.3 is 18.0 Å². The van der Waals surface area contributed by atoms with Crippen molar-refractivity contribution >= 4 is 46.7 Å². The Hall–Kier alpha value is -3.55. The van der Waals surface area contributed by atoms with E-state index < -0.39 is 29.2 Å². The predicted octanol–water partition coefficient (Wildman–Crippen LogP) is 4.55. The first kappa shape index (κ1) is 32.0. The van der Waals surface area contributed by atoms with Crippen molar-refractivity contribution in [2.75, 3.05) is 39.3 Å². The van der Waals surface area contributed by atoms with Crippen molar-refractivity contribution in [2.24, 2.45) is 21.7 Å². The van der Waals surface area contributed by atoms with Gasteiger partial charge in [0.25, 0.3) is 0 Å². The molecule has 1 aromatic carbocycles. The molecule has 3 atom stereocenters. The quantitative estimate of drug-likeness (QED) is 0.349. The van der Waals surface area contributed by atoms with Crippen LogP contribution in [0.1, 0.15) is 56.6 Å². The lowest BCUT2D eigenvalue weighted by Gasteiger charge is -2.71. The number of carboxylic acid groups (broad SMARTS) is 1. The third-order valence-electron chi connectivity index (χ3n) is 10.5. The Morgan fingerprint density at radius 2 is 2.02 bits per heavy atom. The lowest BCUT2D eigenvalue weighted by atomic mass is 9.37. The summed E-state index contributed by atoms with van der Waals surface area (Å²) in [4.78, 5) is 54.6. The number of halogens is 2. The van der Waals surface area contributed by atoms with E-state index in [1.54, 1.807) is 33.0 Å². The molecule has 3 aliphatic carbocycles. The van der Waals surface area contributed by atoms with Crippen molar-refractivity contribution in [1.29, 1.82) is 0 Å². The highest BCUT2D eigenvalue weighted by Crippen LogP contribution is 2.70. The second kappa shape index (κ2) is 11.9. The van der Waals surface area contributed by atoms with Crippen molar-refractivity contribution in [3.05, 3.63) is 62.5 Å². The van der Waals surface area contributed by atoms with Gasteiger partial charge < -0.3 is 25.0 Å². The summed E-state index contributed by atoms with van der Waals surface area (Å²) in [6.45, 7) is 8.11.